The normalized spacial score (nSPS) is 10.1. The third kappa shape index (κ3) is 4.56. The lowest BCUT2D eigenvalue weighted by atomic mass is 10.2. The van der Waals surface area contributed by atoms with Gasteiger partial charge in [-0.05, 0) is 24.6 Å². The molecule has 1 N–H and O–H groups in total. The van der Waals surface area contributed by atoms with Crippen molar-refractivity contribution in [2.45, 2.75) is 27.2 Å². The molecule has 0 aliphatic heterocycles. The zero-order chi connectivity index (χ0) is 14.4. The third-order valence-electron chi connectivity index (χ3n) is 2.83. The first-order valence-electron chi connectivity index (χ1n) is 6.26. The van der Waals surface area contributed by atoms with Gasteiger partial charge in [-0.2, -0.15) is 0 Å². The molecule has 19 heavy (non-hydrogen) atoms. The number of rotatable bonds is 5. The predicted molar refractivity (Wildman–Crippen MR) is 77.5 cm³/mol. The van der Waals surface area contributed by atoms with Gasteiger partial charge >= 0.3 is 0 Å². The second-order valence-corrected chi connectivity index (χ2v) is 4.71. The van der Waals surface area contributed by atoms with Crippen LogP contribution in [-0.2, 0) is 9.59 Å². The summed E-state index contributed by atoms with van der Waals surface area (Å²) >= 11 is 6.06. The second kappa shape index (κ2) is 7.14. The molecule has 0 atom stereocenters. The topological polar surface area (TPSA) is 49.4 Å². The van der Waals surface area contributed by atoms with Crippen molar-refractivity contribution in [1.29, 1.82) is 0 Å². The maximum Gasteiger partial charge on any atom is 0.223 e. The largest absolute Gasteiger partial charge is 0.354 e. The number of hydrogen-bond acceptors (Lipinski definition) is 2. The Morgan fingerprint density at radius 2 is 2.05 bits per heavy atom. The molecule has 0 unspecified atom stereocenters. The second-order valence-electron chi connectivity index (χ2n) is 4.31. The highest BCUT2D eigenvalue weighted by Crippen LogP contribution is 2.23. The van der Waals surface area contributed by atoms with Gasteiger partial charge in [-0.15, -0.1) is 0 Å². The summed E-state index contributed by atoms with van der Waals surface area (Å²) in [6.45, 7) is 6.05. The van der Waals surface area contributed by atoms with E-state index in [2.05, 4.69) is 5.32 Å². The number of benzene rings is 1. The quantitative estimate of drug-likeness (QED) is 0.902. The lowest BCUT2D eigenvalue weighted by molar-refractivity contribution is -0.121. The van der Waals surface area contributed by atoms with Gasteiger partial charge in [0, 0.05) is 37.1 Å². The Bertz CT molecular complexity index is 475. The lowest BCUT2D eigenvalue weighted by Crippen LogP contribution is -2.37. The number of amides is 2. The van der Waals surface area contributed by atoms with E-state index in [0.717, 1.165) is 11.3 Å². The minimum absolute atomic E-state index is 0.0227. The summed E-state index contributed by atoms with van der Waals surface area (Å²) in [6.07, 6.45) is 0.441. The summed E-state index contributed by atoms with van der Waals surface area (Å²) in [5.41, 5.74) is 1.71. The molecule has 1 aromatic rings. The van der Waals surface area contributed by atoms with Crippen LogP contribution < -0.4 is 10.2 Å². The average molecular weight is 283 g/mol. The average Bonchev–Trinajstić information content (AvgIpc) is 2.37. The molecule has 0 saturated carbocycles. The van der Waals surface area contributed by atoms with Crippen molar-refractivity contribution in [3.05, 3.63) is 28.8 Å². The molecule has 0 saturated heterocycles. The molecular formula is C14H19ClN2O2. The summed E-state index contributed by atoms with van der Waals surface area (Å²) in [5, 5.41) is 3.37. The van der Waals surface area contributed by atoms with Gasteiger partial charge in [0.1, 0.15) is 0 Å². The minimum atomic E-state index is -0.0781. The predicted octanol–water partition coefficient (Wildman–Crippen LogP) is 2.53. The van der Waals surface area contributed by atoms with Gasteiger partial charge in [0.15, 0.2) is 0 Å². The van der Waals surface area contributed by atoms with Gasteiger partial charge in [0.2, 0.25) is 11.8 Å². The Kier molecular flexibility index (Phi) is 5.83. The molecule has 0 fully saturated rings. The van der Waals surface area contributed by atoms with E-state index in [9.17, 15) is 9.59 Å². The van der Waals surface area contributed by atoms with Crippen molar-refractivity contribution in [1.82, 2.24) is 5.32 Å². The van der Waals surface area contributed by atoms with Crippen LogP contribution in [0, 0.1) is 6.92 Å². The molecule has 4 nitrogen and oxygen atoms in total. The van der Waals surface area contributed by atoms with Gasteiger partial charge < -0.3 is 10.2 Å². The van der Waals surface area contributed by atoms with Crippen LogP contribution in [-0.4, -0.2) is 24.9 Å². The Morgan fingerprint density at radius 3 is 2.58 bits per heavy atom. The number of halogens is 1. The Morgan fingerprint density at radius 1 is 1.37 bits per heavy atom. The zero-order valence-corrected chi connectivity index (χ0v) is 12.3. The number of aryl methyl sites for hydroxylation is 1. The van der Waals surface area contributed by atoms with Crippen molar-refractivity contribution in [2.75, 3.05) is 18.0 Å². The van der Waals surface area contributed by atoms with Crippen molar-refractivity contribution >= 4 is 29.1 Å². The molecule has 0 aromatic heterocycles. The van der Waals surface area contributed by atoms with Crippen LogP contribution >= 0.6 is 11.6 Å². The molecule has 0 aliphatic carbocycles. The minimum Gasteiger partial charge on any atom is -0.354 e. The molecule has 2 amide bonds. The SMILES string of the molecule is CCC(=O)NCCN(C(C)=O)c1ccc(C)c(Cl)c1. The van der Waals surface area contributed by atoms with Gasteiger partial charge in [0.05, 0.1) is 0 Å². The van der Waals surface area contributed by atoms with Crippen LogP contribution in [0.4, 0.5) is 5.69 Å². The molecule has 0 bridgehead atoms. The monoisotopic (exact) mass is 282 g/mol. The van der Waals surface area contributed by atoms with Crippen LogP contribution in [0.3, 0.4) is 0 Å². The fourth-order valence-electron chi connectivity index (χ4n) is 1.65. The highest BCUT2D eigenvalue weighted by molar-refractivity contribution is 6.31. The number of hydrogen-bond donors (Lipinski definition) is 1. The standard InChI is InChI=1S/C14H19ClN2O2/c1-4-14(19)16-7-8-17(11(3)18)12-6-5-10(2)13(15)9-12/h5-6,9H,4,7-8H2,1-3H3,(H,16,19). The van der Waals surface area contributed by atoms with E-state index < -0.39 is 0 Å². The molecular weight excluding hydrogens is 264 g/mol. The van der Waals surface area contributed by atoms with Gasteiger partial charge in [-0.25, -0.2) is 0 Å². The summed E-state index contributed by atoms with van der Waals surface area (Å²) in [4.78, 5) is 24.4. The van der Waals surface area contributed by atoms with Crippen molar-refractivity contribution < 1.29 is 9.59 Å². The first kappa shape index (κ1) is 15.5. The van der Waals surface area contributed by atoms with Crippen molar-refractivity contribution in [3.63, 3.8) is 0 Å². The fourth-order valence-corrected chi connectivity index (χ4v) is 1.82. The van der Waals surface area contributed by atoms with E-state index in [1.165, 1.54) is 6.92 Å². The maximum atomic E-state index is 11.7. The molecule has 0 heterocycles. The summed E-state index contributed by atoms with van der Waals surface area (Å²) in [6, 6.07) is 5.49. The molecule has 1 aromatic carbocycles. The van der Waals surface area contributed by atoms with Crippen LogP contribution in [0.15, 0.2) is 18.2 Å². The smallest absolute Gasteiger partial charge is 0.223 e. The number of nitrogens with zero attached hydrogens (tertiary/aromatic N) is 1. The van der Waals surface area contributed by atoms with E-state index in [1.54, 1.807) is 17.9 Å². The number of anilines is 1. The Balaban J connectivity index is 2.74. The number of carbonyl (C=O) groups excluding carboxylic acids is 2. The first-order chi connectivity index (χ1) is 8.95. The van der Waals surface area contributed by atoms with Gasteiger partial charge in [0.25, 0.3) is 0 Å². The third-order valence-corrected chi connectivity index (χ3v) is 3.23. The van der Waals surface area contributed by atoms with Crippen molar-refractivity contribution in [3.8, 4) is 0 Å². The highest BCUT2D eigenvalue weighted by Gasteiger charge is 2.12. The van der Waals surface area contributed by atoms with E-state index in [4.69, 9.17) is 11.6 Å². The summed E-state index contributed by atoms with van der Waals surface area (Å²) < 4.78 is 0. The first-order valence-corrected chi connectivity index (χ1v) is 6.64. The molecule has 0 radical (unpaired) electrons. The maximum absolute atomic E-state index is 11.7. The zero-order valence-electron chi connectivity index (χ0n) is 11.5. The number of carbonyl (C=O) groups is 2. The van der Waals surface area contributed by atoms with E-state index in [1.807, 2.05) is 19.1 Å². The Hall–Kier alpha value is -1.55. The van der Waals surface area contributed by atoms with E-state index >= 15 is 0 Å². The molecule has 0 aliphatic rings. The lowest BCUT2D eigenvalue weighted by Gasteiger charge is -2.22. The van der Waals surface area contributed by atoms with Crippen LogP contribution in [0.1, 0.15) is 25.8 Å². The highest BCUT2D eigenvalue weighted by atomic mass is 35.5. The molecule has 5 heteroatoms. The van der Waals surface area contributed by atoms with Crippen LogP contribution in [0.25, 0.3) is 0 Å². The summed E-state index contributed by atoms with van der Waals surface area (Å²) in [7, 11) is 0. The van der Waals surface area contributed by atoms with Crippen LogP contribution in [0.5, 0.6) is 0 Å². The Labute approximate surface area is 118 Å². The number of nitrogens with one attached hydrogen (secondary N) is 1. The molecule has 1 rings (SSSR count). The van der Waals surface area contributed by atoms with Crippen molar-refractivity contribution in [2.24, 2.45) is 0 Å². The van der Waals surface area contributed by atoms with E-state index in [0.29, 0.717) is 24.5 Å². The van der Waals surface area contributed by atoms with Gasteiger partial charge in [-0.3, -0.25) is 9.59 Å². The molecule has 0 spiro atoms. The fraction of sp³-hybridized carbons (Fsp3) is 0.429. The summed E-state index contributed by atoms with van der Waals surface area (Å²) in [5.74, 6) is -0.101. The van der Waals surface area contributed by atoms with E-state index in [-0.39, 0.29) is 11.8 Å². The molecule has 104 valence electrons. The van der Waals surface area contributed by atoms with Crippen LogP contribution in [0.2, 0.25) is 5.02 Å². The van der Waals surface area contributed by atoms with Gasteiger partial charge in [-0.1, -0.05) is 24.6 Å².